The first-order valence-electron chi connectivity index (χ1n) is 5.99. The standard InChI is InChI=1S/C13H18ClFN2/c1-10-3-2-4-11(14)13(10)12(9-15)17-7-5-16-6-8-17/h2-4,12,16H,5-9H2,1H3/t12-/m1/s1. The van der Waals surface area contributed by atoms with Gasteiger partial charge in [0.1, 0.15) is 6.67 Å². The maximum atomic E-state index is 13.4. The number of nitrogens with zero attached hydrogens (tertiary/aromatic N) is 1. The van der Waals surface area contributed by atoms with Gasteiger partial charge in [0.25, 0.3) is 0 Å². The minimum Gasteiger partial charge on any atom is -0.314 e. The average molecular weight is 257 g/mol. The predicted octanol–water partition coefficient (Wildman–Crippen LogP) is 2.56. The number of benzene rings is 1. The zero-order valence-corrected chi connectivity index (χ0v) is 10.8. The van der Waals surface area contributed by atoms with Crippen molar-refractivity contribution < 1.29 is 4.39 Å². The molecular formula is C13H18ClFN2. The van der Waals surface area contributed by atoms with Crippen molar-refractivity contribution in [2.75, 3.05) is 32.9 Å². The summed E-state index contributed by atoms with van der Waals surface area (Å²) in [5, 5.41) is 3.95. The van der Waals surface area contributed by atoms with Crippen LogP contribution in [-0.2, 0) is 0 Å². The first kappa shape index (κ1) is 12.8. The Labute approximate surface area is 107 Å². The lowest BCUT2D eigenvalue weighted by Crippen LogP contribution is -2.45. The van der Waals surface area contributed by atoms with E-state index in [9.17, 15) is 4.39 Å². The van der Waals surface area contributed by atoms with Crippen molar-refractivity contribution in [2.45, 2.75) is 13.0 Å². The van der Waals surface area contributed by atoms with Crippen molar-refractivity contribution >= 4 is 11.6 Å². The number of rotatable bonds is 3. The molecule has 0 unspecified atom stereocenters. The van der Waals surface area contributed by atoms with Crippen LogP contribution < -0.4 is 5.32 Å². The van der Waals surface area contributed by atoms with Crippen LogP contribution in [0.2, 0.25) is 5.02 Å². The van der Waals surface area contributed by atoms with Gasteiger partial charge in [-0.3, -0.25) is 4.90 Å². The third kappa shape index (κ3) is 2.79. The molecule has 0 radical (unpaired) electrons. The second-order valence-electron chi connectivity index (χ2n) is 4.43. The molecule has 2 nitrogen and oxygen atoms in total. The molecule has 2 rings (SSSR count). The third-order valence-electron chi connectivity index (χ3n) is 3.34. The second kappa shape index (κ2) is 5.80. The summed E-state index contributed by atoms with van der Waals surface area (Å²) in [4.78, 5) is 2.17. The fourth-order valence-corrected chi connectivity index (χ4v) is 2.77. The van der Waals surface area contributed by atoms with Crippen molar-refractivity contribution in [1.29, 1.82) is 0 Å². The van der Waals surface area contributed by atoms with Gasteiger partial charge in [0.05, 0.1) is 6.04 Å². The average Bonchev–Trinajstić information content (AvgIpc) is 2.35. The summed E-state index contributed by atoms with van der Waals surface area (Å²) >= 11 is 6.21. The Bertz CT molecular complexity index is 357. The molecule has 1 fully saturated rings. The Morgan fingerprint density at radius 2 is 2.12 bits per heavy atom. The smallest absolute Gasteiger partial charge is 0.109 e. The molecule has 1 atom stereocenters. The Hall–Kier alpha value is -0.640. The van der Waals surface area contributed by atoms with Gasteiger partial charge in [-0.15, -0.1) is 0 Å². The van der Waals surface area contributed by atoms with Crippen LogP contribution in [0.4, 0.5) is 4.39 Å². The quantitative estimate of drug-likeness (QED) is 0.894. The van der Waals surface area contributed by atoms with Crippen LogP contribution in [0.1, 0.15) is 17.2 Å². The summed E-state index contributed by atoms with van der Waals surface area (Å²) in [6.45, 7) is 5.19. The fourth-order valence-electron chi connectivity index (χ4n) is 2.42. The molecule has 17 heavy (non-hydrogen) atoms. The third-order valence-corrected chi connectivity index (χ3v) is 3.67. The molecule has 0 bridgehead atoms. The van der Waals surface area contributed by atoms with Crippen LogP contribution in [0.5, 0.6) is 0 Å². The molecule has 1 aromatic carbocycles. The predicted molar refractivity (Wildman–Crippen MR) is 69.3 cm³/mol. The number of aryl methyl sites for hydroxylation is 1. The number of piperazine rings is 1. The van der Waals surface area contributed by atoms with Gasteiger partial charge in [-0.1, -0.05) is 23.7 Å². The molecule has 1 aliphatic rings. The number of nitrogens with one attached hydrogen (secondary N) is 1. The van der Waals surface area contributed by atoms with Gasteiger partial charge >= 0.3 is 0 Å². The minimum absolute atomic E-state index is 0.203. The first-order chi connectivity index (χ1) is 8.24. The molecule has 0 amide bonds. The van der Waals surface area contributed by atoms with E-state index in [1.165, 1.54) is 0 Å². The van der Waals surface area contributed by atoms with Crippen molar-refractivity contribution in [1.82, 2.24) is 10.2 Å². The Morgan fingerprint density at radius 3 is 2.71 bits per heavy atom. The van der Waals surface area contributed by atoms with Crippen molar-refractivity contribution in [3.05, 3.63) is 34.3 Å². The molecule has 1 aliphatic heterocycles. The molecular weight excluding hydrogens is 239 g/mol. The summed E-state index contributed by atoms with van der Waals surface area (Å²) in [5.74, 6) is 0. The van der Waals surface area contributed by atoms with E-state index in [1.54, 1.807) is 0 Å². The monoisotopic (exact) mass is 256 g/mol. The molecule has 94 valence electrons. The van der Waals surface area contributed by atoms with E-state index in [0.29, 0.717) is 5.02 Å². The maximum Gasteiger partial charge on any atom is 0.109 e. The highest BCUT2D eigenvalue weighted by molar-refractivity contribution is 6.31. The van der Waals surface area contributed by atoms with Crippen molar-refractivity contribution in [2.24, 2.45) is 0 Å². The molecule has 1 N–H and O–H groups in total. The number of hydrogen-bond acceptors (Lipinski definition) is 2. The van der Waals surface area contributed by atoms with E-state index < -0.39 is 0 Å². The van der Waals surface area contributed by atoms with Crippen LogP contribution >= 0.6 is 11.6 Å². The molecule has 1 heterocycles. The van der Waals surface area contributed by atoms with Gasteiger partial charge in [-0.05, 0) is 24.1 Å². The van der Waals surface area contributed by atoms with Crippen LogP contribution in [0, 0.1) is 6.92 Å². The van der Waals surface area contributed by atoms with Gasteiger partial charge in [0, 0.05) is 31.2 Å². The van der Waals surface area contributed by atoms with Gasteiger partial charge in [-0.2, -0.15) is 0 Å². The van der Waals surface area contributed by atoms with Crippen LogP contribution in [0.3, 0.4) is 0 Å². The highest BCUT2D eigenvalue weighted by atomic mass is 35.5. The van der Waals surface area contributed by atoms with Gasteiger partial charge in [0.15, 0.2) is 0 Å². The van der Waals surface area contributed by atoms with Crippen LogP contribution in [0.15, 0.2) is 18.2 Å². The summed E-state index contributed by atoms with van der Waals surface area (Å²) < 4.78 is 13.4. The molecule has 0 aliphatic carbocycles. The lowest BCUT2D eigenvalue weighted by Gasteiger charge is -2.34. The van der Waals surface area contributed by atoms with Gasteiger partial charge < -0.3 is 5.32 Å². The second-order valence-corrected chi connectivity index (χ2v) is 4.83. The summed E-state index contributed by atoms with van der Waals surface area (Å²) in [6, 6.07) is 5.54. The molecule has 0 spiro atoms. The minimum atomic E-state index is -0.384. The zero-order chi connectivity index (χ0) is 12.3. The largest absolute Gasteiger partial charge is 0.314 e. The lowest BCUT2D eigenvalue weighted by atomic mass is 10.00. The Morgan fingerprint density at radius 1 is 1.41 bits per heavy atom. The van der Waals surface area contributed by atoms with E-state index in [0.717, 1.165) is 37.3 Å². The van der Waals surface area contributed by atoms with E-state index in [2.05, 4.69) is 10.2 Å². The molecule has 1 aromatic rings. The fraction of sp³-hybridized carbons (Fsp3) is 0.538. The topological polar surface area (TPSA) is 15.3 Å². The van der Waals surface area contributed by atoms with Crippen molar-refractivity contribution in [3.8, 4) is 0 Å². The molecule has 4 heteroatoms. The van der Waals surface area contributed by atoms with Crippen LogP contribution in [-0.4, -0.2) is 37.8 Å². The lowest BCUT2D eigenvalue weighted by molar-refractivity contribution is 0.147. The molecule has 1 saturated heterocycles. The van der Waals surface area contributed by atoms with E-state index in [1.807, 2.05) is 25.1 Å². The number of hydrogen-bond donors (Lipinski definition) is 1. The highest BCUT2D eigenvalue weighted by Crippen LogP contribution is 2.31. The van der Waals surface area contributed by atoms with Crippen LogP contribution in [0.25, 0.3) is 0 Å². The summed E-state index contributed by atoms with van der Waals surface area (Å²) in [7, 11) is 0. The number of halogens is 2. The summed E-state index contributed by atoms with van der Waals surface area (Å²) in [5.41, 5.74) is 2.01. The normalized spacial score (nSPS) is 19.2. The highest BCUT2D eigenvalue weighted by Gasteiger charge is 2.25. The van der Waals surface area contributed by atoms with E-state index in [-0.39, 0.29) is 12.7 Å². The molecule has 0 saturated carbocycles. The Kier molecular flexibility index (Phi) is 4.37. The maximum absolute atomic E-state index is 13.4. The van der Waals surface area contributed by atoms with E-state index in [4.69, 9.17) is 11.6 Å². The van der Waals surface area contributed by atoms with Gasteiger partial charge in [-0.25, -0.2) is 4.39 Å². The first-order valence-corrected chi connectivity index (χ1v) is 6.37. The van der Waals surface area contributed by atoms with E-state index >= 15 is 0 Å². The summed E-state index contributed by atoms with van der Waals surface area (Å²) in [6.07, 6.45) is 0. The zero-order valence-electron chi connectivity index (χ0n) is 10.0. The molecule has 0 aromatic heterocycles. The Balaban J connectivity index is 2.27. The SMILES string of the molecule is Cc1cccc(Cl)c1[C@@H](CF)N1CCNCC1. The van der Waals surface area contributed by atoms with Gasteiger partial charge in [0.2, 0.25) is 0 Å². The number of alkyl halides is 1. The van der Waals surface area contributed by atoms with Crippen molar-refractivity contribution in [3.63, 3.8) is 0 Å².